The number of aryl methyl sites for hydroxylation is 3. The zero-order valence-corrected chi connectivity index (χ0v) is 15.5. The monoisotopic (exact) mass is 366 g/mol. The zero-order valence-electron chi connectivity index (χ0n) is 15.5. The number of imidazole rings is 1. The van der Waals surface area contributed by atoms with E-state index in [1.54, 1.807) is 12.1 Å². The molecule has 3 heterocycles. The largest absolute Gasteiger partial charge is 0.352 e. The lowest BCUT2D eigenvalue weighted by Gasteiger charge is -2.08. The fraction of sp³-hybridized carbons (Fsp3) is 0.381. The minimum absolute atomic E-state index is 0.157. The molecule has 0 saturated heterocycles. The Hall–Kier alpha value is -2.76. The van der Waals surface area contributed by atoms with Crippen LogP contribution in [0.25, 0.3) is 11.2 Å². The van der Waals surface area contributed by atoms with Crippen molar-refractivity contribution in [3.8, 4) is 0 Å². The molecule has 0 atom stereocenters. The van der Waals surface area contributed by atoms with Gasteiger partial charge in [0.2, 0.25) is 0 Å². The summed E-state index contributed by atoms with van der Waals surface area (Å²) < 4.78 is 15.4. The molecule has 0 radical (unpaired) electrons. The van der Waals surface area contributed by atoms with Gasteiger partial charge in [-0.05, 0) is 49.9 Å². The Morgan fingerprint density at radius 1 is 1.22 bits per heavy atom. The normalized spacial score (nSPS) is 14.0. The Bertz CT molecular complexity index is 995. The van der Waals surface area contributed by atoms with Crippen LogP contribution in [-0.2, 0) is 19.4 Å². The number of hydrogen-bond donors (Lipinski definition) is 1. The highest BCUT2D eigenvalue weighted by Gasteiger charge is 2.20. The van der Waals surface area contributed by atoms with Gasteiger partial charge in [-0.25, -0.2) is 14.4 Å². The predicted octanol–water partition coefficient (Wildman–Crippen LogP) is 3.58. The Labute approximate surface area is 157 Å². The summed E-state index contributed by atoms with van der Waals surface area (Å²) in [5.74, 6) is 0.606. The van der Waals surface area contributed by atoms with E-state index in [2.05, 4.69) is 14.9 Å². The lowest BCUT2D eigenvalue weighted by atomic mass is 10.1. The van der Waals surface area contributed by atoms with E-state index >= 15 is 0 Å². The lowest BCUT2D eigenvalue weighted by Crippen LogP contribution is -2.26. The maximum atomic E-state index is 13.3. The summed E-state index contributed by atoms with van der Waals surface area (Å²) in [6.07, 6.45) is 4.94. The third kappa shape index (κ3) is 3.70. The highest BCUT2D eigenvalue weighted by Crippen LogP contribution is 2.24. The van der Waals surface area contributed by atoms with Crippen LogP contribution in [0.15, 0.2) is 30.3 Å². The van der Waals surface area contributed by atoms with Crippen LogP contribution < -0.4 is 5.32 Å². The van der Waals surface area contributed by atoms with Crippen LogP contribution in [0.5, 0.6) is 0 Å². The van der Waals surface area contributed by atoms with E-state index in [1.165, 1.54) is 18.6 Å². The fourth-order valence-corrected chi connectivity index (χ4v) is 3.70. The molecule has 0 bridgehead atoms. The van der Waals surface area contributed by atoms with E-state index in [1.807, 2.05) is 13.0 Å². The number of nitrogens with zero attached hydrogens (tertiary/aromatic N) is 3. The predicted molar refractivity (Wildman–Crippen MR) is 102 cm³/mol. The molecule has 0 fully saturated rings. The molecule has 1 aliphatic rings. The summed E-state index contributed by atoms with van der Waals surface area (Å²) in [5, 5.41) is 2.94. The van der Waals surface area contributed by atoms with E-state index in [9.17, 15) is 9.18 Å². The Balaban J connectivity index is 1.56. The van der Waals surface area contributed by atoms with Crippen molar-refractivity contribution in [3.05, 3.63) is 58.8 Å². The van der Waals surface area contributed by atoms with E-state index in [4.69, 9.17) is 4.98 Å². The molecule has 0 spiro atoms. The van der Waals surface area contributed by atoms with Gasteiger partial charge < -0.3 is 9.88 Å². The minimum Gasteiger partial charge on any atom is -0.352 e. The van der Waals surface area contributed by atoms with Gasteiger partial charge in [0.05, 0.1) is 5.56 Å². The summed E-state index contributed by atoms with van der Waals surface area (Å²) in [6, 6.07) is 8.25. The van der Waals surface area contributed by atoms with Crippen molar-refractivity contribution in [2.45, 2.75) is 45.6 Å². The molecule has 3 aromatic rings. The first-order chi connectivity index (χ1) is 13.1. The number of rotatable bonds is 4. The molecule has 1 N–H and O–H groups in total. The summed E-state index contributed by atoms with van der Waals surface area (Å²) in [7, 11) is 0. The van der Waals surface area contributed by atoms with Gasteiger partial charge >= 0.3 is 0 Å². The van der Waals surface area contributed by atoms with Crippen LogP contribution >= 0.6 is 0 Å². The number of carbonyl (C=O) groups excluding carboxylic acids is 1. The average Bonchev–Trinajstić information content (AvgIpc) is 2.83. The number of pyridine rings is 1. The van der Waals surface area contributed by atoms with Gasteiger partial charge in [-0.2, -0.15) is 0 Å². The quantitative estimate of drug-likeness (QED) is 0.768. The minimum atomic E-state index is -0.259. The van der Waals surface area contributed by atoms with Gasteiger partial charge in [-0.15, -0.1) is 0 Å². The molecule has 1 amide bonds. The number of amides is 1. The lowest BCUT2D eigenvalue weighted by molar-refractivity contribution is 0.0955. The number of carbonyl (C=O) groups is 1. The average molecular weight is 366 g/mol. The second-order valence-electron chi connectivity index (χ2n) is 7.11. The van der Waals surface area contributed by atoms with Crippen LogP contribution in [0, 0.1) is 12.7 Å². The van der Waals surface area contributed by atoms with Crippen molar-refractivity contribution < 1.29 is 9.18 Å². The SMILES string of the molecule is Cc1cc(C(=O)NCCc2cccc(F)c2)c2nc3n(c2n1)CCCCC3. The first kappa shape index (κ1) is 17.6. The van der Waals surface area contributed by atoms with Crippen LogP contribution in [-0.4, -0.2) is 27.0 Å². The van der Waals surface area contributed by atoms with Gasteiger partial charge in [0, 0.05) is 25.2 Å². The smallest absolute Gasteiger partial charge is 0.253 e. The molecule has 5 nitrogen and oxygen atoms in total. The van der Waals surface area contributed by atoms with Gasteiger partial charge in [0.15, 0.2) is 5.65 Å². The standard InChI is InChI=1S/C21H23FN4O/c1-14-12-17(21(27)23-10-9-15-6-5-7-16(22)13-15)19-20(24-14)26-11-4-2-3-8-18(26)25-19/h5-7,12-13H,2-4,8-11H2,1H3,(H,23,27). The molecule has 1 aliphatic heterocycles. The summed E-state index contributed by atoms with van der Waals surface area (Å²) in [5.41, 5.74) is 3.73. The topological polar surface area (TPSA) is 59.8 Å². The number of fused-ring (bicyclic) bond motifs is 3. The summed E-state index contributed by atoms with van der Waals surface area (Å²) in [4.78, 5) is 22.2. The Morgan fingerprint density at radius 3 is 2.96 bits per heavy atom. The molecule has 6 heteroatoms. The summed E-state index contributed by atoms with van der Waals surface area (Å²) in [6.45, 7) is 3.25. The van der Waals surface area contributed by atoms with E-state index in [-0.39, 0.29) is 11.7 Å². The van der Waals surface area contributed by atoms with Crippen molar-refractivity contribution in [1.82, 2.24) is 19.9 Å². The second-order valence-corrected chi connectivity index (χ2v) is 7.11. The highest BCUT2D eigenvalue weighted by molar-refractivity contribution is 6.04. The zero-order chi connectivity index (χ0) is 18.8. The molecule has 27 heavy (non-hydrogen) atoms. The van der Waals surface area contributed by atoms with Gasteiger partial charge in [0.25, 0.3) is 5.91 Å². The maximum Gasteiger partial charge on any atom is 0.253 e. The molecular formula is C21H23FN4O. The molecule has 0 saturated carbocycles. The summed E-state index contributed by atoms with van der Waals surface area (Å²) >= 11 is 0. The molecular weight excluding hydrogens is 343 g/mol. The maximum absolute atomic E-state index is 13.3. The first-order valence-corrected chi connectivity index (χ1v) is 9.51. The Kier molecular flexibility index (Phi) is 4.88. The van der Waals surface area contributed by atoms with Gasteiger partial charge in [0.1, 0.15) is 17.2 Å². The third-order valence-corrected chi connectivity index (χ3v) is 5.03. The number of halogens is 1. The van der Waals surface area contributed by atoms with Gasteiger partial charge in [-0.3, -0.25) is 4.79 Å². The van der Waals surface area contributed by atoms with Crippen LogP contribution in [0.1, 0.15) is 46.7 Å². The van der Waals surface area contributed by atoms with Crippen molar-refractivity contribution in [2.75, 3.05) is 6.54 Å². The first-order valence-electron chi connectivity index (χ1n) is 9.51. The third-order valence-electron chi connectivity index (χ3n) is 5.03. The van der Waals surface area contributed by atoms with Crippen LogP contribution in [0.4, 0.5) is 4.39 Å². The van der Waals surface area contributed by atoms with Crippen molar-refractivity contribution in [3.63, 3.8) is 0 Å². The van der Waals surface area contributed by atoms with Crippen molar-refractivity contribution >= 4 is 17.1 Å². The van der Waals surface area contributed by atoms with Crippen LogP contribution in [0.2, 0.25) is 0 Å². The van der Waals surface area contributed by atoms with Crippen LogP contribution in [0.3, 0.4) is 0 Å². The second kappa shape index (κ2) is 7.47. The fourth-order valence-electron chi connectivity index (χ4n) is 3.70. The van der Waals surface area contributed by atoms with E-state index < -0.39 is 0 Å². The molecule has 0 unspecified atom stereocenters. The number of hydrogen-bond acceptors (Lipinski definition) is 3. The number of aromatic nitrogens is 3. The van der Waals surface area contributed by atoms with Crippen molar-refractivity contribution in [2.24, 2.45) is 0 Å². The molecule has 1 aromatic carbocycles. The Morgan fingerprint density at radius 2 is 2.11 bits per heavy atom. The number of benzene rings is 1. The number of nitrogens with one attached hydrogen (secondary N) is 1. The van der Waals surface area contributed by atoms with Gasteiger partial charge in [-0.1, -0.05) is 18.6 Å². The molecule has 0 aliphatic carbocycles. The molecule has 2 aromatic heterocycles. The van der Waals surface area contributed by atoms with E-state index in [0.717, 1.165) is 48.5 Å². The van der Waals surface area contributed by atoms with E-state index in [0.29, 0.717) is 24.0 Å². The molecule has 140 valence electrons. The van der Waals surface area contributed by atoms with Crippen molar-refractivity contribution in [1.29, 1.82) is 0 Å². The highest BCUT2D eigenvalue weighted by atomic mass is 19.1. The molecule has 4 rings (SSSR count).